The highest BCUT2D eigenvalue weighted by Gasteiger charge is 2.20. The van der Waals surface area contributed by atoms with Gasteiger partial charge in [0, 0.05) is 12.5 Å². The van der Waals surface area contributed by atoms with Crippen LogP contribution < -0.4 is 4.74 Å². The van der Waals surface area contributed by atoms with Gasteiger partial charge in [-0.05, 0) is 12.5 Å². The molecule has 0 aromatic heterocycles. The summed E-state index contributed by atoms with van der Waals surface area (Å²) in [6.45, 7) is 0.110. The first-order valence-corrected chi connectivity index (χ1v) is 5.61. The Labute approximate surface area is 112 Å². The van der Waals surface area contributed by atoms with Crippen LogP contribution in [-0.4, -0.2) is 28.9 Å². The van der Waals surface area contributed by atoms with E-state index in [2.05, 4.69) is 0 Å². The van der Waals surface area contributed by atoms with Crippen LogP contribution in [0.4, 0.5) is 5.69 Å². The zero-order chi connectivity index (χ0) is 14.4. The number of carboxylic acid groups (broad SMARTS) is 1. The number of ether oxygens (including phenoxy) is 1. The normalized spacial score (nSPS) is 9.95. The standard InChI is InChI=1S/C11H10ClNO6/c12-9-5-8(19-3-1-2-10(15)16)4-7(6-14)11(9)13(17)18/h4-6H,1-3H2,(H,15,16). The molecule has 19 heavy (non-hydrogen) atoms. The fraction of sp³-hybridized carbons (Fsp3) is 0.273. The molecular weight excluding hydrogens is 278 g/mol. The molecule has 1 aromatic rings. The van der Waals surface area contributed by atoms with Crippen LogP contribution in [0.1, 0.15) is 23.2 Å². The number of halogens is 1. The minimum absolute atomic E-state index is 0.0543. The fourth-order valence-electron chi connectivity index (χ4n) is 1.37. The third-order valence-corrected chi connectivity index (χ3v) is 2.47. The van der Waals surface area contributed by atoms with Gasteiger partial charge in [0.2, 0.25) is 0 Å². The maximum absolute atomic E-state index is 10.8. The van der Waals surface area contributed by atoms with Gasteiger partial charge in [-0.1, -0.05) is 11.6 Å². The molecule has 0 spiro atoms. The molecule has 0 saturated heterocycles. The summed E-state index contributed by atoms with van der Waals surface area (Å²) < 4.78 is 5.19. The maximum Gasteiger partial charge on any atom is 0.303 e. The van der Waals surface area contributed by atoms with Crippen molar-refractivity contribution in [2.75, 3.05) is 6.61 Å². The molecule has 1 aromatic carbocycles. The predicted octanol–water partition coefficient (Wildman–Crippen LogP) is 2.30. The first-order valence-electron chi connectivity index (χ1n) is 5.23. The van der Waals surface area contributed by atoms with E-state index in [9.17, 15) is 19.7 Å². The van der Waals surface area contributed by atoms with Crippen molar-refractivity contribution in [2.24, 2.45) is 0 Å². The summed E-state index contributed by atoms with van der Waals surface area (Å²) in [6, 6.07) is 2.41. The summed E-state index contributed by atoms with van der Waals surface area (Å²) in [5, 5.41) is 18.9. The van der Waals surface area contributed by atoms with Crippen LogP contribution >= 0.6 is 11.6 Å². The second-order valence-electron chi connectivity index (χ2n) is 3.56. The number of carboxylic acids is 1. The van der Waals surface area contributed by atoms with Gasteiger partial charge in [-0.3, -0.25) is 19.7 Å². The molecule has 0 heterocycles. The lowest BCUT2D eigenvalue weighted by atomic mass is 10.2. The average Bonchev–Trinajstić information content (AvgIpc) is 2.33. The first kappa shape index (κ1) is 14.9. The third-order valence-electron chi connectivity index (χ3n) is 2.18. The van der Waals surface area contributed by atoms with Crippen LogP contribution in [0, 0.1) is 10.1 Å². The van der Waals surface area contributed by atoms with E-state index in [-0.39, 0.29) is 35.8 Å². The largest absolute Gasteiger partial charge is 0.493 e. The van der Waals surface area contributed by atoms with Gasteiger partial charge in [-0.25, -0.2) is 0 Å². The second-order valence-corrected chi connectivity index (χ2v) is 3.97. The Balaban J connectivity index is 2.81. The van der Waals surface area contributed by atoms with Crippen molar-refractivity contribution >= 4 is 29.5 Å². The number of aldehydes is 1. The van der Waals surface area contributed by atoms with Gasteiger partial charge in [0.15, 0.2) is 6.29 Å². The van der Waals surface area contributed by atoms with Crippen molar-refractivity contribution < 1.29 is 24.4 Å². The number of nitrogens with zero attached hydrogens (tertiary/aromatic N) is 1. The number of hydrogen-bond acceptors (Lipinski definition) is 5. The Kier molecular flexibility index (Phi) is 5.25. The molecule has 8 heteroatoms. The van der Waals surface area contributed by atoms with Gasteiger partial charge >= 0.3 is 5.97 Å². The van der Waals surface area contributed by atoms with E-state index in [1.165, 1.54) is 12.1 Å². The Morgan fingerprint density at radius 1 is 1.53 bits per heavy atom. The van der Waals surface area contributed by atoms with Crippen LogP contribution in [0.3, 0.4) is 0 Å². The molecule has 7 nitrogen and oxygen atoms in total. The predicted molar refractivity (Wildman–Crippen MR) is 65.9 cm³/mol. The molecule has 0 radical (unpaired) electrons. The molecule has 0 aliphatic rings. The highest BCUT2D eigenvalue weighted by molar-refractivity contribution is 6.33. The average molecular weight is 288 g/mol. The maximum atomic E-state index is 10.8. The molecule has 0 bridgehead atoms. The van der Waals surface area contributed by atoms with E-state index in [1.807, 2.05) is 0 Å². The molecule has 1 N–H and O–H groups in total. The molecule has 0 aliphatic carbocycles. The van der Waals surface area contributed by atoms with E-state index >= 15 is 0 Å². The number of carbonyl (C=O) groups excluding carboxylic acids is 1. The molecule has 0 atom stereocenters. The van der Waals surface area contributed by atoms with Gasteiger partial charge in [0.25, 0.3) is 5.69 Å². The second kappa shape index (κ2) is 6.69. The quantitative estimate of drug-likeness (QED) is 0.357. The number of carbonyl (C=O) groups is 2. The van der Waals surface area contributed by atoms with Crippen LogP contribution in [-0.2, 0) is 4.79 Å². The lowest BCUT2D eigenvalue weighted by molar-refractivity contribution is -0.384. The summed E-state index contributed by atoms with van der Waals surface area (Å²) >= 11 is 5.70. The Morgan fingerprint density at radius 2 is 2.21 bits per heavy atom. The van der Waals surface area contributed by atoms with Crippen molar-refractivity contribution in [1.29, 1.82) is 0 Å². The molecule has 0 saturated carbocycles. The summed E-state index contributed by atoms with van der Waals surface area (Å²) in [6.07, 6.45) is 0.537. The molecule has 102 valence electrons. The van der Waals surface area contributed by atoms with Gasteiger partial charge < -0.3 is 9.84 Å². The van der Waals surface area contributed by atoms with Gasteiger partial charge in [-0.15, -0.1) is 0 Å². The Morgan fingerprint density at radius 3 is 2.74 bits per heavy atom. The smallest absolute Gasteiger partial charge is 0.303 e. The SMILES string of the molecule is O=Cc1cc(OCCCC(=O)O)cc(Cl)c1[N+](=O)[O-]. The van der Waals surface area contributed by atoms with Gasteiger partial charge in [-0.2, -0.15) is 0 Å². The number of benzene rings is 1. The Hall–Kier alpha value is -2.15. The van der Waals surface area contributed by atoms with Gasteiger partial charge in [0.05, 0.1) is 17.1 Å². The monoisotopic (exact) mass is 287 g/mol. The van der Waals surface area contributed by atoms with Crippen LogP contribution in [0.15, 0.2) is 12.1 Å². The molecule has 0 unspecified atom stereocenters. The molecule has 0 aliphatic heterocycles. The van der Waals surface area contributed by atoms with Crippen molar-refractivity contribution in [1.82, 2.24) is 0 Å². The van der Waals surface area contributed by atoms with Crippen molar-refractivity contribution in [3.63, 3.8) is 0 Å². The molecule has 1 rings (SSSR count). The van der Waals surface area contributed by atoms with Crippen LogP contribution in [0.25, 0.3) is 0 Å². The Bertz CT molecular complexity index is 516. The van der Waals surface area contributed by atoms with Crippen molar-refractivity contribution in [3.05, 3.63) is 32.8 Å². The molecule has 0 amide bonds. The number of nitro groups is 1. The van der Waals surface area contributed by atoms with Crippen molar-refractivity contribution in [3.8, 4) is 5.75 Å². The van der Waals surface area contributed by atoms with E-state index < -0.39 is 16.6 Å². The molecular formula is C11H10ClNO6. The highest BCUT2D eigenvalue weighted by Crippen LogP contribution is 2.32. The fourth-order valence-corrected chi connectivity index (χ4v) is 1.66. The lowest BCUT2D eigenvalue weighted by Crippen LogP contribution is -2.03. The number of rotatable bonds is 7. The van der Waals surface area contributed by atoms with Crippen molar-refractivity contribution in [2.45, 2.75) is 12.8 Å². The number of aliphatic carboxylic acids is 1. The van der Waals surface area contributed by atoms with E-state index in [0.717, 1.165) is 0 Å². The zero-order valence-electron chi connectivity index (χ0n) is 9.67. The summed E-state index contributed by atoms with van der Waals surface area (Å²) in [5.74, 6) is -0.762. The lowest BCUT2D eigenvalue weighted by Gasteiger charge is -2.07. The summed E-state index contributed by atoms with van der Waals surface area (Å²) in [5.41, 5.74) is -0.666. The zero-order valence-corrected chi connectivity index (χ0v) is 10.4. The summed E-state index contributed by atoms with van der Waals surface area (Å²) in [4.78, 5) is 31.0. The van der Waals surface area contributed by atoms with Crippen LogP contribution in [0.5, 0.6) is 5.75 Å². The topological polar surface area (TPSA) is 107 Å². The van der Waals surface area contributed by atoms with E-state index in [0.29, 0.717) is 6.29 Å². The van der Waals surface area contributed by atoms with Gasteiger partial charge in [0.1, 0.15) is 10.8 Å². The third kappa shape index (κ3) is 4.22. The number of nitro benzene ring substituents is 1. The summed E-state index contributed by atoms with van der Waals surface area (Å²) in [7, 11) is 0. The number of hydrogen-bond donors (Lipinski definition) is 1. The van der Waals surface area contributed by atoms with Crippen LogP contribution in [0.2, 0.25) is 5.02 Å². The van der Waals surface area contributed by atoms with E-state index in [4.69, 9.17) is 21.4 Å². The highest BCUT2D eigenvalue weighted by atomic mass is 35.5. The molecule has 0 fully saturated rings. The first-order chi connectivity index (χ1) is 8.95. The minimum Gasteiger partial charge on any atom is -0.493 e. The van der Waals surface area contributed by atoms with E-state index in [1.54, 1.807) is 0 Å². The minimum atomic E-state index is -0.945.